The van der Waals surface area contributed by atoms with Gasteiger partial charge in [0.2, 0.25) is 15.9 Å². The number of benzene rings is 2. The molecule has 162 valence electrons. The molecule has 1 aliphatic heterocycles. The normalized spacial score (nSPS) is 16.5. The SMILES string of the molecule is Cc1ccc(S(=O)(=O)N2CCN(C(=O)CNC(C)c3cccc(F)c3)CC2)c(C)c1. The van der Waals surface area contributed by atoms with E-state index in [2.05, 4.69) is 5.32 Å². The fourth-order valence-corrected chi connectivity index (χ4v) is 5.28. The molecular formula is C22H28FN3O3S. The van der Waals surface area contributed by atoms with Gasteiger partial charge < -0.3 is 10.2 Å². The summed E-state index contributed by atoms with van der Waals surface area (Å²) in [6.07, 6.45) is 0. The Labute approximate surface area is 177 Å². The minimum absolute atomic E-state index is 0.0955. The molecule has 1 heterocycles. The molecule has 1 N–H and O–H groups in total. The van der Waals surface area contributed by atoms with E-state index in [1.54, 1.807) is 30.0 Å². The van der Waals surface area contributed by atoms with Crippen molar-refractivity contribution in [3.05, 3.63) is 65.0 Å². The lowest BCUT2D eigenvalue weighted by Crippen LogP contribution is -2.52. The van der Waals surface area contributed by atoms with E-state index in [1.165, 1.54) is 16.4 Å². The van der Waals surface area contributed by atoms with E-state index in [4.69, 9.17) is 0 Å². The van der Waals surface area contributed by atoms with Gasteiger partial charge in [-0.05, 0) is 50.1 Å². The van der Waals surface area contributed by atoms with Crippen molar-refractivity contribution in [1.29, 1.82) is 0 Å². The van der Waals surface area contributed by atoms with Gasteiger partial charge in [-0.15, -0.1) is 0 Å². The first-order chi connectivity index (χ1) is 14.2. The second-order valence-corrected chi connectivity index (χ2v) is 9.62. The van der Waals surface area contributed by atoms with Crippen LogP contribution in [0.2, 0.25) is 0 Å². The summed E-state index contributed by atoms with van der Waals surface area (Å²) in [5, 5.41) is 3.11. The van der Waals surface area contributed by atoms with Crippen LogP contribution in [-0.2, 0) is 14.8 Å². The lowest BCUT2D eigenvalue weighted by Gasteiger charge is -2.34. The van der Waals surface area contributed by atoms with Gasteiger partial charge >= 0.3 is 0 Å². The monoisotopic (exact) mass is 433 g/mol. The van der Waals surface area contributed by atoms with Crippen molar-refractivity contribution in [2.75, 3.05) is 32.7 Å². The summed E-state index contributed by atoms with van der Waals surface area (Å²) in [6.45, 7) is 6.93. The maximum Gasteiger partial charge on any atom is 0.243 e. The first-order valence-electron chi connectivity index (χ1n) is 10.0. The smallest absolute Gasteiger partial charge is 0.243 e. The fraction of sp³-hybridized carbons (Fsp3) is 0.409. The molecule has 0 saturated carbocycles. The third-order valence-corrected chi connectivity index (χ3v) is 7.51. The highest BCUT2D eigenvalue weighted by molar-refractivity contribution is 7.89. The number of halogens is 1. The zero-order chi connectivity index (χ0) is 21.9. The van der Waals surface area contributed by atoms with Gasteiger partial charge in [-0.2, -0.15) is 4.31 Å². The predicted octanol–water partition coefficient (Wildman–Crippen LogP) is 2.63. The van der Waals surface area contributed by atoms with Gasteiger partial charge in [0.15, 0.2) is 0 Å². The molecule has 1 amide bonds. The molecule has 0 spiro atoms. The molecule has 8 heteroatoms. The molecular weight excluding hydrogens is 405 g/mol. The Bertz CT molecular complexity index is 1020. The van der Waals surface area contributed by atoms with Gasteiger partial charge in [-0.1, -0.05) is 29.8 Å². The minimum Gasteiger partial charge on any atom is -0.339 e. The molecule has 30 heavy (non-hydrogen) atoms. The van der Waals surface area contributed by atoms with Gasteiger partial charge in [-0.25, -0.2) is 12.8 Å². The van der Waals surface area contributed by atoms with Crippen LogP contribution in [0.5, 0.6) is 0 Å². The molecule has 1 aliphatic rings. The lowest BCUT2D eigenvalue weighted by atomic mass is 10.1. The van der Waals surface area contributed by atoms with Crippen molar-refractivity contribution >= 4 is 15.9 Å². The number of amides is 1. The highest BCUT2D eigenvalue weighted by Crippen LogP contribution is 2.22. The summed E-state index contributed by atoms with van der Waals surface area (Å²) in [5.74, 6) is -0.407. The zero-order valence-corrected chi connectivity index (χ0v) is 18.4. The molecule has 0 aromatic heterocycles. The van der Waals surface area contributed by atoms with Crippen LogP contribution in [0.25, 0.3) is 0 Å². The summed E-state index contributed by atoms with van der Waals surface area (Å²) >= 11 is 0. The van der Waals surface area contributed by atoms with Crippen LogP contribution < -0.4 is 5.32 Å². The van der Waals surface area contributed by atoms with Crippen LogP contribution in [0.1, 0.15) is 29.7 Å². The maximum absolute atomic E-state index is 13.4. The molecule has 0 aliphatic carbocycles. The second-order valence-electron chi connectivity index (χ2n) is 7.71. The highest BCUT2D eigenvalue weighted by Gasteiger charge is 2.31. The quantitative estimate of drug-likeness (QED) is 0.760. The number of nitrogens with zero attached hydrogens (tertiary/aromatic N) is 2. The molecule has 6 nitrogen and oxygen atoms in total. The number of sulfonamides is 1. The van der Waals surface area contributed by atoms with Crippen LogP contribution in [0.4, 0.5) is 4.39 Å². The molecule has 0 bridgehead atoms. The molecule has 1 atom stereocenters. The number of rotatable bonds is 6. The average molecular weight is 434 g/mol. The second kappa shape index (κ2) is 9.24. The van der Waals surface area contributed by atoms with Crippen LogP contribution in [0, 0.1) is 19.7 Å². The Kier molecular flexibility index (Phi) is 6.90. The van der Waals surface area contributed by atoms with E-state index in [0.717, 1.165) is 16.7 Å². The largest absolute Gasteiger partial charge is 0.339 e. The summed E-state index contributed by atoms with van der Waals surface area (Å²) in [7, 11) is -3.58. The topological polar surface area (TPSA) is 69.7 Å². The molecule has 1 unspecified atom stereocenters. The van der Waals surface area contributed by atoms with Gasteiger partial charge in [0.1, 0.15) is 5.82 Å². The van der Waals surface area contributed by atoms with Crippen LogP contribution in [0.15, 0.2) is 47.4 Å². The number of hydrogen-bond donors (Lipinski definition) is 1. The van der Waals surface area contributed by atoms with E-state index < -0.39 is 10.0 Å². The standard InChI is InChI=1S/C22H28FN3O3S/c1-16-7-8-21(17(2)13-16)30(28,29)26-11-9-25(10-12-26)22(27)15-24-18(3)19-5-4-6-20(23)14-19/h4-8,13-14,18,24H,9-12,15H2,1-3H3. The Morgan fingerprint density at radius 1 is 1.10 bits per heavy atom. The molecule has 1 saturated heterocycles. The number of nitrogens with one attached hydrogen (secondary N) is 1. The van der Waals surface area contributed by atoms with Crippen LogP contribution in [-0.4, -0.2) is 56.3 Å². The highest BCUT2D eigenvalue weighted by atomic mass is 32.2. The average Bonchev–Trinajstić information content (AvgIpc) is 2.71. The Morgan fingerprint density at radius 2 is 1.80 bits per heavy atom. The summed E-state index contributed by atoms with van der Waals surface area (Å²) in [5.41, 5.74) is 2.51. The number of carbonyl (C=O) groups excluding carboxylic acids is 1. The summed E-state index contributed by atoms with van der Waals surface area (Å²) in [4.78, 5) is 14.5. The number of aryl methyl sites for hydroxylation is 2. The molecule has 0 radical (unpaired) electrons. The summed E-state index contributed by atoms with van der Waals surface area (Å²) < 4.78 is 40.8. The van der Waals surface area contributed by atoms with Gasteiger partial charge in [0.05, 0.1) is 11.4 Å². The predicted molar refractivity (Wildman–Crippen MR) is 114 cm³/mol. The zero-order valence-electron chi connectivity index (χ0n) is 17.6. The Hall–Kier alpha value is -2.29. The van der Waals surface area contributed by atoms with Crippen molar-refractivity contribution in [3.8, 4) is 0 Å². The van der Waals surface area contributed by atoms with Crippen LogP contribution in [0.3, 0.4) is 0 Å². The van der Waals surface area contributed by atoms with E-state index >= 15 is 0 Å². The van der Waals surface area contributed by atoms with E-state index in [-0.39, 0.29) is 37.4 Å². The third kappa shape index (κ3) is 5.06. The van der Waals surface area contributed by atoms with Crippen molar-refractivity contribution in [1.82, 2.24) is 14.5 Å². The van der Waals surface area contributed by atoms with Gasteiger partial charge in [0.25, 0.3) is 0 Å². The van der Waals surface area contributed by atoms with Crippen LogP contribution >= 0.6 is 0 Å². The first-order valence-corrected chi connectivity index (χ1v) is 11.5. The number of hydrogen-bond acceptors (Lipinski definition) is 4. The summed E-state index contributed by atoms with van der Waals surface area (Å²) in [6, 6.07) is 11.4. The number of piperazine rings is 1. The number of carbonyl (C=O) groups is 1. The Balaban J connectivity index is 1.55. The minimum atomic E-state index is -3.58. The van der Waals surface area contributed by atoms with E-state index in [1.807, 2.05) is 26.0 Å². The van der Waals surface area contributed by atoms with E-state index in [9.17, 15) is 17.6 Å². The van der Waals surface area contributed by atoms with Crippen molar-refractivity contribution in [3.63, 3.8) is 0 Å². The third-order valence-electron chi connectivity index (χ3n) is 5.45. The maximum atomic E-state index is 13.4. The van der Waals surface area contributed by atoms with Crippen molar-refractivity contribution in [2.24, 2.45) is 0 Å². The molecule has 1 fully saturated rings. The van der Waals surface area contributed by atoms with Gasteiger partial charge in [0, 0.05) is 32.2 Å². The Morgan fingerprint density at radius 3 is 2.43 bits per heavy atom. The van der Waals surface area contributed by atoms with E-state index in [0.29, 0.717) is 18.0 Å². The first kappa shape index (κ1) is 22.4. The van der Waals surface area contributed by atoms with Crippen molar-refractivity contribution < 1.29 is 17.6 Å². The van der Waals surface area contributed by atoms with Crippen molar-refractivity contribution in [2.45, 2.75) is 31.7 Å². The van der Waals surface area contributed by atoms with Gasteiger partial charge in [-0.3, -0.25) is 4.79 Å². The fourth-order valence-electron chi connectivity index (χ4n) is 3.65. The molecule has 2 aromatic carbocycles. The lowest BCUT2D eigenvalue weighted by molar-refractivity contribution is -0.131. The molecule has 3 rings (SSSR count). The molecule has 2 aromatic rings.